The van der Waals surface area contributed by atoms with E-state index in [1.165, 1.54) is 24.6 Å². The predicted octanol–water partition coefficient (Wildman–Crippen LogP) is 3.75. The van der Waals surface area contributed by atoms with Crippen LogP contribution < -0.4 is 0 Å². The number of hydrogen-bond donors (Lipinski definition) is 0. The number of rotatable bonds is 5. The summed E-state index contributed by atoms with van der Waals surface area (Å²) < 4.78 is 0. The summed E-state index contributed by atoms with van der Waals surface area (Å²) in [5.74, 6) is 0.946. The van der Waals surface area contributed by atoms with E-state index in [9.17, 15) is 4.79 Å². The third-order valence-electron chi connectivity index (χ3n) is 1.99. The van der Waals surface area contributed by atoms with Crippen LogP contribution in [0.2, 0.25) is 0 Å². The summed E-state index contributed by atoms with van der Waals surface area (Å²) in [6, 6.07) is 9.47. The van der Waals surface area contributed by atoms with Gasteiger partial charge in [0.25, 0.3) is 0 Å². The molecule has 76 valence electrons. The van der Waals surface area contributed by atoms with Gasteiger partial charge in [-0.3, -0.25) is 4.79 Å². The first-order chi connectivity index (χ1) is 6.84. The van der Waals surface area contributed by atoms with Crippen LogP contribution in [0.25, 0.3) is 0 Å². The normalized spacial score (nSPS) is 10.1. The van der Waals surface area contributed by atoms with Crippen molar-refractivity contribution >= 4 is 16.9 Å². The van der Waals surface area contributed by atoms with Gasteiger partial charge in [0.1, 0.15) is 0 Å². The Morgan fingerprint density at radius 1 is 1.21 bits per heavy atom. The molecule has 1 rings (SSSR count). The Bertz CT molecular complexity index is 269. The fourth-order valence-corrected chi connectivity index (χ4v) is 2.01. The van der Waals surface area contributed by atoms with Crippen LogP contribution in [0.4, 0.5) is 0 Å². The molecule has 0 atom stereocenters. The van der Waals surface area contributed by atoms with Crippen molar-refractivity contribution in [1.82, 2.24) is 0 Å². The second-order valence-electron chi connectivity index (χ2n) is 3.21. The standard InChI is InChI=1S/C12H16OS/c1-2-3-7-10-14-12(13)11-8-5-4-6-9-11/h4-6,8-9H,2-3,7,10H2,1H3. The fourth-order valence-electron chi connectivity index (χ4n) is 1.17. The molecule has 2 heteroatoms. The van der Waals surface area contributed by atoms with E-state index in [4.69, 9.17) is 0 Å². The van der Waals surface area contributed by atoms with E-state index in [-0.39, 0.29) is 5.12 Å². The van der Waals surface area contributed by atoms with Crippen LogP contribution in [0.3, 0.4) is 0 Å². The van der Waals surface area contributed by atoms with E-state index in [1.807, 2.05) is 30.3 Å². The summed E-state index contributed by atoms with van der Waals surface area (Å²) in [5, 5.41) is 0.196. The highest BCUT2D eigenvalue weighted by Crippen LogP contribution is 2.13. The van der Waals surface area contributed by atoms with Crippen LogP contribution >= 0.6 is 11.8 Å². The minimum Gasteiger partial charge on any atom is -0.282 e. The maximum absolute atomic E-state index is 11.6. The molecule has 0 aliphatic rings. The fraction of sp³-hybridized carbons (Fsp3) is 0.417. The van der Waals surface area contributed by atoms with Crippen molar-refractivity contribution in [2.45, 2.75) is 26.2 Å². The lowest BCUT2D eigenvalue weighted by atomic mass is 10.2. The molecule has 0 N–H and O–H groups in total. The van der Waals surface area contributed by atoms with Crippen molar-refractivity contribution in [3.8, 4) is 0 Å². The molecule has 1 nitrogen and oxygen atoms in total. The van der Waals surface area contributed by atoms with Gasteiger partial charge in [-0.2, -0.15) is 0 Å². The van der Waals surface area contributed by atoms with Crippen molar-refractivity contribution in [2.24, 2.45) is 0 Å². The first-order valence-electron chi connectivity index (χ1n) is 5.06. The lowest BCUT2D eigenvalue weighted by Crippen LogP contribution is -1.94. The first-order valence-corrected chi connectivity index (χ1v) is 6.05. The average molecular weight is 208 g/mol. The largest absolute Gasteiger partial charge is 0.282 e. The van der Waals surface area contributed by atoms with Crippen molar-refractivity contribution in [2.75, 3.05) is 5.75 Å². The number of hydrogen-bond acceptors (Lipinski definition) is 2. The molecule has 0 unspecified atom stereocenters. The molecule has 14 heavy (non-hydrogen) atoms. The predicted molar refractivity (Wildman–Crippen MR) is 62.8 cm³/mol. The zero-order chi connectivity index (χ0) is 10.2. The Labute approximate surface area is 89.9 Å². The maximum Gasteiger partial charge on any atom is 0.219 e. The highest BCUT2D eigenvalue weighted by molar-refractivity contribution is 8.14. The molecule has 0 amide bonds. The van der Waals surface area contributed by atoms with E-state index < -0.39 is 0 Å². The number of carbonyl (C=O) groups excluding carboxylic acids is 1. The minimum atomic E-state index is 0.196. The van der Waals surface area contributed by atoms with Crippen LogP contribution in [0.5, 0.6) is 0 Å². The van der Waals surface area contributed by atoms with Gasteiger partial charge in [0.05, 0.1) is 0 Å². The molecule has 0 aliphatic carbocycles. The summed E-state index contributed by atoms with van der Waals surface area (Å²) in [5.41, 5.74) is 0.814. The summed E-state index contributed by atoms with van der Waals surface area (Å²) in [4.78, 5) is 11.6. The van der Waals surface area contributed by atoms with Crippen LogP contribution in [0, 0.1) is 0 Å². The molecular weight excluding hydrogens is 192 g/mol. The van der Waals surface area contributed by atoms with Crippen molar-refractivity contribution in [3.05, 3.63) is 35.9 Å². The topological polar surface area (TPSA) is 17.1 Å². The van der Waals surface area contributed by atoms with Gasteiger partial charge >= 0.3 is 0 Å². The maximum atomic E-state index is 11.6. The van der Waals surface area contributed by atoms with Crippen LogP contribution in [-0.2, 0) is 0 Å². The van der Waals surface area contributed by atoms with Crippen LogP contribution in [0.1, 0.15) is 36.5 Å². The highest BCUT2D eigenvalue weighted by atomic mass is 32.2. The van der Waals surface area contributed by atoms with Crippen LogP contribution in [0.15, 0.2) is 30.3 Å². The number of thioether (sulfide) groups is 1. The first kappa shape index (κ1) is 11.3. The van der Waals surface area contributed by atoms with E-state index in [0.717, 1.165) is 17.7 Å². The van der Waals surface area contributed by atoms with Crippen molar-refractivity contribution in [1.29, 1.82) is 0 Å². The van der Waals surface area contributed by atoms with Gasteiger partial charge in [-0.05, 0) is 6.42 Å². The number of benzene rings is 1. The Balaban J connectivity index is 2.29. The lowest BCUT2D eigenvalue weighted by Gasteiger charge is -1.99. The second kappa shape index (κ2) is 6.66. The molecule has 0 spiro atoms. The summed E-state index contributed by atoms with van der Waals surface area (Å²) >= 11 is 1.43. The van der Waals surface area contributed by atoms with E-state index >= 15 is 0 Å². The summed E-state index contributed by atoms with van der Waals surface area (Å²) in [7, 11) is 0. The smallest absolute Gasteiger partial charge is 0.219 e. The van der Waals surface area contributed by atoms with Crippen molar-refractivity contribution < 1.29 is 4.79 Å². The molecule has 0 fully saturated rings. The second-order valence-corrected chi connectivity index (χ2v) is 4.28. The quantitative estimate of drug-likeness (QED) is 0.685. The number of unbranched alkanes of at least 4 members (excludes halogenated alkanes) is 2. The summed E-state index contributed by atoms with van der Waals surface area (Å²) in [6.07, 6.45) is 3.56. The molecule has 1 aromatic rings. The molecule has 0 bridgehead atoms. The molecule has 0 saturated carbocycles. The van der Waals surface area contributed by atoms with Crippen molar-refractivity contribution in [3.63, 3.8) is 0 Å². The SMILES string of the molecule is CCCCCSC(=O)c1ccccc1. The molecule has 0 saturated heterocycles. The van der Waals surface area contributed by atoms with E-state index in [1.54, 1.807) is 0 Å². The minimum absolute atomic E-state index is 0.196. The van der Waals surface area contributed by atoms with Gasteiger partial charge in [-0.25, -0.2) is 0 Å². The van der Waals surface area contributed by atoms with Gasteiger partial charge in [-0.15, -0.1) is 0 Å². The Kier molecular flexibility index (Phi) is 5.38. The zero-order valence-corrected chi connectivity index (χ0v) is 9.35. The third kappa shape index (κ3) is 3.97. The number of carbonyl (C=O) groups is 1. The molecular formula is C12H16OS. The van der Waals surface area contributed by atoms with E-state index in [2.05, 4.69) is 6.92 Å². The lowest BCUT2D eigenvalue weighted by molar-refractivity contribution is 0.108. The molecule has 0 aliphatic heterocycles. The third-order valence-corrected chi connectivity index (χ3v) is 2.98. The van der Waals surface area contributed by atoms with Gasteiger partial charge in [0.15, 0.2) is 0 Å². The highest BCUT2D eigenvalue weighted by Gasteiger charge is 2.04. The molecule has 1 aromatic carbocycles. The van der Waals surface area contributed by atoms with Gasteiger partial charge in [-0.1, -0.05) is 61.9 Å². The zero-order valence-electron chi connectivity index (χ0n) is 8.53. The van der Waals surface area contributed by atoms with Crippen LogP contribution in [-0.4, -0.2) is 10.9 Å². The Morgan fingerprint density at radius 2 is 1.93 bits per heavy atom. The molecule has 0 heterocycles. The van der Waals surface area contributed by atoms with Gasteiger partial charge in [0, 0.05) is 11.3 Å². The Hall–Kier alpha value is -0.760. The van der Waals surface area contributed by atoms with E-state index in [0.29, 0.717) is 0 Å². The average Bonchev–Trinajstić information content (AvgIpc) is 2.25. The molecule has 0 radical (unpaired) electrons. The summed E-state index contributed by atoms with van der Waals surface area (Å²) in [6.45, 7) is 2.17. The van der Waals surface area contributed by atoms with Gasteiger partial charge in [0.2, 0.25) is 5.12 Å². The monoisotopic (exact) mass is 208 g/mol. The van der Waals surface area contributed by atoms with Gasteiger partial charge < -0.3 is 0 Å². The Morgan fingerprint density at radius 3 is 2.57 bits per heavy atom. The molecule has 0 aromatic heterocycles.